The zero-order chi connectivity index (χ0) is 24.6. The predicted molar refractivity (Wildman–Crippen MR) is 130 cm³/mol. The summed E-state index contributed by atoms with van der Waals surface area (Å²) < 4.78 is 11.7. The number of esters is 1. The molecule has 3 aliphatic heterocycles. The quantitative estimate of drug-likeness (QED) is 0.286. The van der Waals surface area contributed by atoms with Crippen LogP contribution in [0.5, 0.6) is 0 Å². The van der Waals surface area contributed by atoms with Crippen molar-refractivity contribution >= 4 is 51.0 Å². The lowest BCUT2D eigenvalue weighted by atomic mass is 9.70. The first-order valence-electron chi connectivity index (χ1n) is 11.4. The number of rotatable bonds is 9. The number of likely N-dealkylation sites (tertiary alicyclic amines) is 1. The third kappa shape index (κ3) is 3.96. The molecule has 3 fully saturated rings. The van der Waals surface area contributed by atoms with Gasteiger partial charge in [-0.05, 0) is 44.0 Å². The van der Waals surface area contributed by atoms with Crippen LogP contribution in [0.1, 0.15) is 19.8 Å². The van der Waals surface area contributed by atoms with Crippen LogP contribution in [0.2, 0.25) is 5.02 Å². The fourth-order valence-electron chi connectivity index (χ4n) is 5.62. The number of benzene rings is 1. The van der Waals surface area contributed by atoms with Crippen LogP contribution in [0.4, 0.5) is 5.69 Å². The van der Waals surface area contributed by atoms with Crippen LogP contribution in [-0.4, -0.2) is 76.7 Å². The van der Waals surface area contributed by atoms with Crippen LogP contribution in [-0.2, 0) is 23.9 Å². The Hall–Kier alpha value is -1.94. The molecule has 184 valence electrons. The molecule has 2 bridgehead atoms. The van der Waals surface area contributed by atoms with Gasteiger partial charge in [-0.15, -0.1) is 6.58 Å². The van der Waals surface area contributed by atoms with Crippen molar-refractivity contribution in [3.05, 3.63) is 41.9 Å². The number of amides is 2. The van der Waals surface area contributed by atoms with E-state index in [0.29, 0.717) is 23.6 Å². The number of alkyl halides is 1. The lowest BCUT2D eigenvalue weighted by Gasteiger charge is -2.37. The number of aliphatic hydroxyl groups is 1. The summed E-state index contributed by atoms with van der Waals surface area (Å²) in [5, 5.41) is 9.98. The highest BCUT2D eigenvalue weighted by atomic mass is 79.9. The van der Waals surface area contributed by atoms with Crippen molar-refractivity contribution in [2.24, 2.45) is 11.8 Å². The molecule has 1 aromatic rings. The molecule has 10 heteroatoms. The van der Waals surface area contributed by atoms with Crippen molar-refractivity contribution in [2.45, 2.75) is 42.3 Å². The summed E-state index contributed by atoms with van der Waals surface area (Å²) in [6.45, 7) is 5.92. The first kappa shape index (κ1) is 25.2. The maximum absolute atomic E-state index is 14.2. The SMILES string of the molecule is C=CCN(C(=O)C1N(CCCO)C(=O)[C@@H]2[C@H](C(=O)OCC)[C@H]3OC12CC3Br)c1ccc(Cl)cc1. The predicted octanol–water partition coefficient (Wildman–Crippen LogP) is 2.55. The average Bonchev–Trinajstić information content (AvgIpc) is 3.40. The maximum Gasteiger partial charge on any atom is 0.312 e. The van der Waals surface area contributed by atoms with Gasteiger partial charge in [-0.2, -0.15) is 0 Å². The van der Waals surface area contributed by atoms with Crippen LogP contribution in [0.3, 0.4) is 0 Å². The standard InChI is InChI=1S/C24H28BrClN2O6/c1-3-10-27(15-8-6-14(26)7-9-15)22(31)20-24-13-16(25)19(34-24)17(23(32)33-4-2)18(24)21(30)28(20)11-5-12-29/h3,6-9,16-20,29H,1,4-5,10-13H2,2H3/t16?,17-,18-,19-,20?,24?/m0/s1. The molecule has 1 aromatic carbocycles. The Morgan fingerprint density at radius 3 is 2.74 bits per heavy atom. The number of anilines is 1. The largest absolute Gasteiger partial charge is 0.466 e. The number of nitrogens with zero attached hydrogens (tertiary/aromatic N) is 2. The molecule has 34 heavy (non-hydrogen) atoms. The second-order valence-electron chi connectivity index (χ2n) is 8.74. The lowest BCUT2D eigenvalue weighted by Crippen LogP contribution is -2.57. The summed E-state index contributed by atoms with van der Waals surface area (Å²) in [5.74, 6) is -2.77. The monoisotopic (exact) mass is 554 g/mol. The van der Waals surface area contributed by atoms with Gasteiger partial charge in [-0.25, -0.2) is 0 Å². The molecule has 3 unspecified atom stereocenters. The third-order valence-electron chi connectivity index (χ3n) is 6.85. The van der Waals surface area contributed by atoms with E-state index < -0.39 is 35.6 Å². The molecule has 2 amide bonds. The highest BCUT2D eigenvalue weighted by Crippen LogP contribution is 2.60. The molecular formula is C24H28BrClN2O6. The molecule has 3 saturated heterocycles. The Labute approximate surface area is 211 Å². The Bertz CT molecular complexity index is 975. The minimum atomic E-state index is -1.17. The van der Waals surface area contributed by atoms with E-state index in [2.05, 4.69) is 22.5 Å². The van der Waals surface area contributed by atoms with Gasteiger partial charge >= 0.3 is 5.97 Å². The molecule has 0 saturated carbocycles. The zero-order valence-electron chi connectivity index (χ0n) is 18.9. The van der Waals surface area contributed by atoms with Crippen LogP contribution >= 0.6 is 27.5 Å². The van der Waals surface area contributed by atoms with E-state index in [1.165, 1.54) is 4.90 Å². The van der Waals surface area contributed by atoms with E-state index in [1.807, 2.05) is 0 Å². The molecule has 1 N–H and O–H groups in total. The van der Waals surface area contributed by atoms with Crippen molar-refractivity contribution in [3.63, 3.8) is 0 Å². The Morgan fingerprint density at radius 1 is 1.41 bits per heavy atom. The topological polar surface area (TPSA) is 96.4 Å². The second-order valence-corrected chi connectivity index (χ2v) is 10.4. The molecule has 3 aliphatic rings. The van der Waals surface area contributed by atoms with Crippen LogP contribution in [0.15, 0.2) is 36.9 Å². The molecule has 0 aliphatic carbocycles. The molecule has 3 heterocycles. The summed E-state index contributed by atoms with van der Waals surface area (Å²) in [5.41, 5.74) is -0.570. The smallest absolute Gasteiger partial charge is 0.312 e. The van der Waals surface area contributed by atoms with Crippen LogP contribution in [0, 0.1) is 11.8 Å². The number of ether oxygens (including phenoxy) is 2. The minimum Gasteiger partial charge on any atom is -0.466 e. The van der Waals surface area contributed by atoms with Gasteiger partial charge in [0.2, 0.25) is 5.91 Å². The molecular weight excluding hydrogens is 528 g/mol. The summed E-state index contributed by atoms with van der Waals surface area (Å²) in [6.07, 6.45) is 1.74. The van der Waals surface area contributed by atoms with Gasteiger partial charge in [0.15, 0.2) is 0 Å². The third-order valence-corrected chi connectivity index (χ3v) is 7.95. The number of aliphatic hydroxyl groups excluding tert-OH is 1. The van der Waals surface area contributed by atoms with Gasteiger partial charge in [0.25, 0.3) is 5.91 Å². The second kappa shape index (κ2) is 9.97. The molecule has 4 rings (SSSR count). The summed E-state index contributed by atoms with van der Waals surface area (Å²) in [6, 6.07) is 5.88. The van der Waals surface area contributed by atoms with Gasteiger partial charge in [0, 0.05) is 35.2 Å². The van der Waals surface area contributed by atoms with Crippen LogP contribution in [0.25, 0.3) is 0 Å². The highest BCUT2D eigenvalue weighted by Gasteiger charge is 2.77. The number of carbonyl (C=O) groups excluding carboxylic acids is 3. The van der Waals surface area contributed by atoms with E-state index in [1.54, 1.807) is 42.2 Å². The Kier molecular flexibility index (Phi) is 7.38. The number of fused-ring (bicyclic) bond motifs is 1. The van der Waals surface area contributed by atoms with Gasteiger partial charge in [0.1, 0.15) is 11.6 Å². The van der Waals surface area contributed by atoms with Crippen molar-refractivity contribution in [1.29, 1.82) is 0 Å². The number of carbonyl (C=O) groups is 3. The Balaban J connectivity index is 1.78. The summed E-state index contributed by atoms with van der Waals surface area (Å²) in [7, 11) is 0. The maximum atomic E-state index is 14.2. The number of hydrogen-bond acceptors (Lipinski definition) is 6. The van der Waals surface area contributed by atoms with Crippen LogP contribution < -0.4 is 4.90 Å². The fourth-order valence-corrected chi connectivity index (χ4v) is 6.69. The summed E-state index contributed by atoms with van der Waals surface area (Å²) in [4.78, 5) is 43.6. The van der Waals surface area contributed by atoms with E-state index in [9.17, 15) is 19.5 Å². The summed E-state index contributed by atoms with van der Waals surface area (Å²) >= 11 is 9.66. The van der Waals surface area contributed by atoms with E-state index in [-0.39, 0.29) is 42.9 Å². The van der Waals surface area contributed by atoms with Gasteiger partial charge in [0.05, 0.1) is 24.5 Å². The first-order valence-corrected chi connectivity index (χ1v) is 12.7. The van der Waals surface area contributed by atoms with E-state index in [0.717, 1.165) is 0 Å². The lowest BCUT2D eigenvalue weighted by molar-refractivity contribution is -0.154. The van der Waals surface area contributed by atoms with E-state index in [4.69, 9.17) is 21.1 Å². The van der Waals surface area contributed by atoms with Gasteiger partial charge in [-0.3, -0.25) is 14.4 Å². The normalized spacial score (nSPS) is 31.5. The fraction of sp³-hybridized carbons (Fsp3) is 0.542. The van der Waals surface area contributed by atoms with Crippen molar-refractivity contribution in [1.82, 2.24) is 4.90 Å². The minimum absolute atomic E-state index is 0.137. The molecule has 0 radical (unpaired) electrons. The zero-order valence-corrected chi connectivity index (χ0v) is 21.2. The number of hydrogen-bond donors (Lipinski definition) is 1. The van der Waals surface area contributed by atoms with Gasteiger partial charge < -0.3 is 24.4 Å². The highest BCUT2D eigenvalue weighted by molar-refractivity contribution is 9.09. The average molecular weight is 556 g/mol. The van der Waals surface area contributed by atoms with Gasteiger partial charge in [-0.1, -0.05) is 33.6 Å². The molecule has 0 aromatic heterocycles. The van der Waals surface area contributed by atoms with Crippen molar-refractivity contribution < 1.29 is 29.0 Å². The molecule has 1 spiro atoms. The molecule has 8 nitrogen and oxygen atoms in total. The number of halogens is 2. The van der Waals surface area contributed by atoms with Crippen molar-refractivity contribution in [3.8, 4) is 0 Å². The van der Waals surface area contributed by atoms with E-state index >= 15 is 0 Å². The Morgan fingerprint density at radius 2 is 2.12 bits per heavy atom. The molecule has 6 atom stereocenters. The first-order chi connectivity index (χ1) is 16.3. The van der Waals surface area contributed by atoms with Crippen molar-refractivity contribution in [2.75, 3.05) is 31.2 Å².